The van der Waals surface area contributed by atoms with Gasteiger partial charge in [0, 0.05) is 24.4 Å². The first-order chi connectivity index (χ1) is 14.0. The van der Waals surface area contributed by atoms with Crippen LogP contribution < -0.4 is 16.0 Å². The van der Waals surface area contributed by atoms with E-state index in [0.29, 0.717) is 17.8 Å². The molecule has 3 N–H and O–H groups in total. The van der Waals surface area contributed by atoms with Gasteiger partial charge in [-0.3, -0.25) is 9.59 Å². The van der Waals surface area contributed by atoms with Gasteiger partial charge in [-0.25, -0.2) is 0 Å². The highest BCUT2D eigenvalue weighted by Crippen LogP contribution is 2.12. The Morgan fingerprint density at radius 1 is 1.14 bits per heavy atom. The van der Waals surface area contributed by atoms with E-state index in [-0.39, 0.29) is 29.5 Å². The molecule has 0 aromatic heterocycles. The van der Waals surface area contributed by atoms with Gasteiger partial charge < -0.3 is 20.7 Å². The molecule has 1 aliphatic rings. The molecule has 1 unspecified atom stereocenters. The normalized spacial score (nSPS) is 15.6. The van der Waals surface area contributed by atoms with E-state index in [9.17, 15) is 9.59 Å². The van der Waals surface area contributed by atoms with E-state index in [4.69, 9.17) is 17.0 Å². The summed E-state index contributed by atoms with van der Waals surface area (Å²) < 4.78 is 5.50. The number of nitrogens with one attached hydrogen (secondary N) is 3. The van der Waals surface area contributed by atoms with Crippen molar-refractivity contribution in [2.24, 2.45) is 0 Å². The third-order valence-electron chi connectivity index (χ3n) is 4.78. The van der Waals surface area contributed by atoms with E-state index in [2.05, 4.69) is 16.0 Å². The van der Waals surface area contributed by atoms with E-state index < -0.39 is 0 Å². The highest BCUT2D eigenvalue weighted by Gasteiger charge is 2.16. The molecule has 152 valence electrons. The summed E-state index contributed by atoms with van der Waals surface area (Å²) in [6.07, 6.45) is 2.40. The average Bonchev–Trinajstić information content (AvgIpc) is 3.22. The Morgan fingerprint density at radius 2 is 1.90 bits per heavy atom. The number of carbonyl (C=O) groups is 2. The third-order valence-corrected chi connectivity index (χ3v) is 4.99. The molecule has 0 aliphatic carbocycles. The van der Waals surface area contributed by atoms with Gasteiger partial charge in [-0.2, -0.15) is 0 Å². The first kappa shape index (κ1) is 21.0. The molecule has 1 saturated heterocycles. The topological polar surface area (TPSA) is 79.5 Å². The number of benzene rings is 2. The zero-order valence-electron chi connectivity index (χ0n) is 16.4. The number of carbonyl (C=O) groups excluding carboxylic acids is 2. The minimum atomic E-state index is -0.179. The van der Waals surface area contributed by atoms with E-state index in [1.807, 2.05) is 31.2 Å². The van der Waals surface area contributed by atoms with Gasteiger partial charge in [0.25, 0.3) is 5.91 Å². The Hall–Kier alpha value is -2.77. The van der Waals surface area contributed by atoms with Crippen LogP contribution in [0.5, 0.6) is 0 Å². The van der Waals surface area contributed by atoms with Crippen molar-refractivity contribution in [1.82, 2.24) is 10.6 Å². The van der Waals surface area contributed by atoms with Crippen LogP contribution in [0.4, 0.5) is 5.69 Å². The largest absolute Gasteiger partial charge is 0.376 e. The van der Waals surface area contributed by atoms with Crippen LogP contribution in [-0.4, -0.2) is 36.2 Å². The van der Waals surface area contributed by atoms with Crippen molar-refractivity contribution in [3.63, 3.8) is 0 Å². The summed E-state index contributed by atoms with van der Waals surface area (Å²) in [7, 11) is 0. The molecule has 2 aromatic carbocycles. The monoisotopic (exact) mass is 411 g/mol. The van der Waals surface area contributed by atoms with Crippen LogP contribution in [0, 0.1) is 6.92 Å². The van der Waals surface area contributed by atoms with E-state index in [1.165, 1.54) is 0 Å². The number of hydrogen-bond donors (Lipinski definition) is 3. The summed E-state index contributed by atoms with van der Waals surface area (Å²) >= 11 is 5.21. The molecule has 1 atom stereocenters. The van der Waals surface area contributed by atoms with Crippen LogP contribution in [-0.2, 0) is 16.0 Å². The van der Waals surface area contributed by atoms with Gasteiger partial charge >= 0.3 is 0 Å². The molecule has 1 fully saturated rings. The van der Waals surface area contributed by atoms with Crippen molar-refractivity contribution in [2.75, 3.05) is 18.5 Å². The minimum absolute atomic E-state index is 0.112. The molecular weight excluding hydrogens is 386 g/mol. The Bertz CT molecular complexity index is 877. The smallest absolute Gasteiger partial charge is 0.251 e. The van der Waals surface area contributed by atoms with Crippen LogP contribution in [0.1, 0.15) is 34.3 Å². The SMILES string of the molecule is Cc1ccccc1CC(=O)NC(=S)Nc1ccc(C(=O)NCC2CCCO2)cc1. The summed E-state index contributed by atoms with van der Waals surface area (Å²) in [5.41, 5.74) is 3.28. The first-order valence-corrected chi connectivity index (χ1v) is 10.1. The number of hydrogen-bond acceptors (Lipinski definition) is 4. The van der Waals surface area contributed by atoms with Gasteiger partial charge in [-0.05, 0) is 67.4 Å². The van der Waals surface area contributed by atoms with Crippen molar-refractivity contribution in [1.29, 1.82) is 0 Å². The zero-order valence-corrected chi connectivity index (χ0v) is 17.2. The number of thiocarbonyl (C=S) groups is 1. The van der Waals surface area contributed by atoms with E-state index >= 15 is 0 Å². The highest BCUT2D eigenvalue weighted by atomic mass is 32.1. The van der Waals surface area contributed by atoms with Gasteiger partial charge in [0.1, 0.15) is 0 Å². The van der Waals surface area contributed by atoms with Crippen LogP contribution in [0.15, 0.2) is 48.5 Å². The fourth-order valence-corrected chi connectivity index (χ4v) is 3.37. The molecule has 0 bridgehead atoms. The van der Waals surface area contributed by atoms with Gasteiger partial charge in [0.05, 0.1) is 12.5 Å². The van der Waals surface area contributed by atoms with Gasteiger partial charge in [0.15, 0.2) is 5.11 Å². The molecule has 3 rings (SSSR count). The standard InChI is InChI=1S/C22H25N3O3S/c1-15-5-2-3-6-17(15)13-20(26)25-22(29)24-18-10-8-16(9-11-18)21(27)23-14-19-7-4-12-28-19/h2-3,5-6,8-11,19H,4,7,12-14H2,1H3,(H,23,27)(H2,24,25,26,29). The lowest BCUT2D eigenvalue weighted by molar-refractivity contribution is -0.119. The quantitative estimate of drug-likeness (QED) is 0.637. The maximum absolute atomic E-state index is 12.2. The average molecular weight is 412 g/mol. The fourth-order valence-electron chi connectivity index (χ4n) is 3.13. The van der Waals surface area contributed by atoms with E-state index in [1.54, 1.807) is 24.3 Å². The van der Waals surface area contributed by atoms with Crippen LogP contribution in [0.25, 0.3) is 0 Å². The van der Waals surface area contributed by atoms with Crippen molar-refractivity contribution < 1.29 is 14.3 Å². The molecule has 29 heavy (non-hydrogen) atoms. The number of rotatable bonds is 6. The number of aryl methyl sites for hydroxylation is 1. The minimum Gasteiger partial charge on any atom is -0.376 e. The lowest BCUT2D eigenvalue weighted by Gasteiger charge is -2.12. The summed E-state index contributed by atoms with van der Waals surface area (Å²) in [6.45, 7) is 3.26. The Morgan fingerprint density at radius 3 is 2.59 bits per heavy atom. The zero-order chi connectivity index (χ0) is 20.6. The predicted octanol–water partition coefficient (Wildman–Crippen LogP) is 2.96. The molecule has 1 aliphatic heterocycles. The van der Waals surface area contributed by atoms with Crippen molar-refractivity contribution in [3.05, 3.63) is 65.2 Å². The third kappa shape index (κ3) is 6.37. The second-order valence-corrected chi connectivity index (χ2v) is 7.44. The lowest BCUT2D eigenvalue weighted by atomic mass is 10.1. The molecule has 0 saturated carbocycles. The number of ether oxygens (including phenoxy) is 1. The molecule has 0 radical (unpaired) electrons. The Labute approximate surface area is 176 Å². The van der Waals surface area contributed by atoms with Gasteiger partial charge in [-0.15, -0.1) is 0 Å². The second kappa shape index (κ2) is 10.1. The lowest BCUT2D eigenvalue weighted by Crippen LogP contribution is -2.35. The molecule has 0 spiro atoms. The Balaban J connectivity index is 1.46. The van der Waals surface area contributed by atoms with Crippen LogP contribution in [0.2, 0.25) is 0 Å². The molecular formula is C22H25N3O3S. The molecule has 1 heterocycles. The highest BCUT2D eigenvalue weighted by molar-refractivity contribution is 7.80. The fraction of sp³-hybridized carbons (Fsp3) is 0.318. The number of anilines is 1. The molecule has 6 nitrogen and oxygen atoms in total. The summed E-state index contributed by atoms with van der Waals surface area (Å²) in [5, 5.41) is 8.75. The maximum Gasteiger partial charge on any atom is 0.251 e. The van der Waals surface area contributed by atoms with Crippen molar-refractivity contribution >= 4 is 34.8 Å². The second-order valence-electron chi connectivity index (χ2n) is 7.03. The summed E-state index contributed by atoms with van der Waals surface area (Å²) in [6, 6.07) is 14.7. The molecule has 2 amide bonds. The summed E-state index contributed by atoms with van der Waals surface area (Å²) in [5.74, 6) is -0.317. The van der Waals surface area contributed by atoms with Crippen molar-refractivity contribution in [2.45, 2.75) is 32.3 Å². The first-order valence-electron chi connectivity index (χ1n) is 9.66. The Kier molecular flexibility index (Phi) is 7.32. The maximum atomic E-state index is 12.2. The molecule has 7 heteroatoms. The predicted molar refractivity (Wildman–Crippen MR) is 117 cm³/mol. The number of amides is 2. The summed E-state index contributed by atoms with van der Waals surface area (Å²) in [4.78, 5) is 24.4. The van der Waals surface area contributed by atoms with Crippen LogP contribution >= 0.6 is 12.2 Å². The molecule has 2 aromatic rings. The van der Waals surface area contributed by atoms with Crippen LogP contribution in [0.3, 0.4) is 0 Å². The van der Waals surface area contributed by atoms with E-state index in [0.717, 1.165) is 30.6 Å². The van der Waals surface area contributed by atoms with Gasteiger partial charge in [0.2, 0.25) is 5.91 Å². The van der Waals surface area contributed by atoms with Crippen molar-refractivity contribution in [3.8, 4) is 0 Å². The van der Waals surface area contributed by atoms with Gasteiger partial charge in [-0.1, -0.05) is 24.3 Å².